The SMILES string of the molecule is N#CCC(=O)N1CCN(C(=O)CCCN2C(=O)c3ccc([N+](=O)[O-])cc3C2=O)CC1. The van der Waals surface area contributed by atoms with Crippen LogP contribution in [0.5, 0.6) is 0 Å². The number of rotatable bonds is 6. The Hall–Kier alpha value is -3.81. The van der Waals surface area contributed by atoms with Crippen molar-refractivity contribution in [2.75, 3.05) is 32.7 Å². The molecule has 0 unspecified atom stereocenters. The third-order valence-corrected chi connectivity index (χ3v) is 5.15. The Balaban J connectivity index is 1.50. The number of nitro benzene ring substituents is 1. The molecular weight excluding hydrogens is 394 g/mol. The number of hydrogen-bond donors (Lipinski definition) is 0. The lowest BCUT2D eigenvalue weighted by atomic mass is 10.1. The van der Waals surface area contributed by atoms with Gasteiger partial charge in [0.1, 0.15) is 6.42 Å². The fourth-order valence-corrected chi connectivity index (χ4v) is 3.53. The number of hydrogen-bond acceptors (Lipinski definition) is 7. The molecule has 0 aliphatic carbocycles. The summed E-state index contributed by atoms with van der Waals surface area (Å²) in [6, 6.07) is 5.35. The lowest BCUT2D eigenvalue weighted by molar-refractivity contribution is -0.384. The first-order valence-corrected chi connectivity index (χ1v) is 9.40. The minimum Gasteiger partial charge on any atom is -0.339 e. The van der Waals surface area contributed by atoms with Gasteiger partial charge in [0.05, 0.1) is 22.1 Å². The third kappa shape index (κ3) is 4.12. The molecule has 0 atom stereocenters. The highest BCUT2D eigenvalue weighted by Gasteiger charge is 2.36. The highest BCUT2D eigenvalue weighted by atomic mass is 16.6. The first-order valence-electron chi connectivity index (χ1n) is 9.40. The van der Waals surface area contributed by atoms with E-state index in [0.717, 1.165) is 11.0 Å². The molecule has 1 saturated heterocycles. The predicted molar refractivity (Wildman–Crippen MR) is 101 cm³/mol. The number of carbonyl (C=O) groups excluding carboxylic acids is 4. The summed E-state index contributed by atoms with van der Waals surface area (Å²) in [4.78, 5) is 63.3. The van der Waals surface area contributed by atoms with Crippen molar-refractivity contribution < 1.29 is 24.1 Å². The maximum Gasteiger partial charge on any atom is 0.270 e. The maximum atomic E-state index is 12.4. The number of imide groups is 1. The van der Waals surface area contributed by atoms with E-state index in [-0.39, 0.29) is 54.4 Å². The van der Waals surface area contributed by atoms with E-state index in [1.54, 1.807) is 9.80 Å². The van der Waals surface area contributed by atoms with Crippen molar-refractivity contribution in [2.24, 2.45) is 0 Å². The third-order valence-electron chi connectivity index (χ3n) is 5.15. The number of amides is 4. The van der Waals surface area contributed by atoms with Crippen molar-refractivity contribution in [1.29, 1.82) is 5.26 Å². The second-order valence-corrected chi connectivity index (χ2v) is 6.95. The van der Waals surface area contributed by atoms with Crippen molar-refractivity contribution in [3.63, 3.8) is 0 Å². The molecule has 11 nitrogen and oxygen atoms in total. The van der Waals surface area contributed by atoms with Gasteiger partial charge in [0.25, 0.3) is 17.5 Å². The van der Waals surface area contributed by atoms with Gasteiger partial charge in [-0.15, -0.1) is 0 Å². The molecule has 0 saturated carbocycles. The van der Waals surface area contributed by atoms with E-state index < -0.39 is 16.7 Å². The van der Waals surface area contributed by atoms with Gasteiger partial charge in [-0.1, -0.05) is 0 Å². The number of benzene rings is 1. The number of fused-ring (bicyclic) bond motifs is 1. The van der Waals surface area contributed by atoms with E-state index in [0.29, 0.717) is 26.2 Å². The van der Waals surface area contributed by atoms with Crippen LogP contribution in [-0.4, -0.2) is 76.0 Å². The van der Waals surface area contributed by atoms with Gasteiger partial charge in [0, 0.05) is 51.3 Å². The minimum atomic E-state index is -0.632. The van der Waals surface area contributed by atoms with Gasteiger partial charge in [0.2, 0.25) is 11.8 Å². The van der Waals surface area contributed by atoms with E-state index in [1.807, 2.05) is 6.07 Å². The van der Waals surface area contributed by atoms with Crippen LogP contribution in [-0.2, 0) is 9.59 Å². The molecule has 2 aliphatic rings. The molecule has 3 rings (SSSR count). The topological polar surface area (TPSA) is 145 Å². The Labute approximate surface area is 171 Å². The molecule has 0 bridgehead atoms. The summed E-state index contributed by atoms with van der Waals surface area (Å²) in [6.45, 7) is 1.50. The van der Waals surface area contributed by atoms with Crippen LogP contribution in [0.3, 0.4) is 0 Å². The lowest BCUT2D eigenvalue weighted by Crippen LogP contribution is -2.50. The molecule has 4 amide bonds. The summed E-state index contributed by atoms with van der Waals surface area (Å²) in [7, 11) is 0. The fraction of sp³-hybridized carbons (Fsp3) is 0.421. The van der Waals surface area contributed by atoms with Crippen molar-refractivity contribution in [3.05, 3.63) is 39.4 Å². The summed E-state index contributed by atoms with van der Waals surface area (Å²) < 4.78 is 0. The molecule has 30 heavy (non-hydrogen) atoms. The number of nitro groups is 1. The molecule has 2 heterocycles. The zero-order valence-electron chi connectivity index (χ0n) is 16.1. The number of nitriles is 1. The van der Waals surface area contributed by atoms with Gasteiger partial charge in [-0.05, 0) is 12.5 Å². The largest absolute Gasteiger partial charge is 0.339 e. The summed E-state index contributed by atoms with van der Waals surface area (Å²) in [5.41, 5.74) is -0.145. The van der Waals surface area contributed by atoms with Crippen LogP contribution < -0.4 is 0 Å². The lowest BCUT2D eigenvalue weighted by Gasteiger charge is -2.34. The monoisotopic (exact) mass is 413 g/mol. The quantitative estimate of drug-likeness (QED) is 0.376. The zero-order chi connectivity index (χ0) is 21.8. The van der Waals surface area contributed by atoms with Crippen molar-refractivity contribution >= 4 is 29.3 Å². The number of non-ortho nitro benzene ring substituents is 1. The van der Waals surface area contributed by atoms with Crippen LogP contribution in [0.2, 0.25) is 0 Å². The highest BCUT2D eigenvalue weighted by Crippen LogP contribution is 2.27. The first-order chi connectivity index (χ1) is 14.3. The average Bonchev–Trinajstić information content (AvgIpc) is 2.98. The molecule has 1 aromatic rings. The minimum absolute atomic E-state index is 0.00122. The average molecular weight is 413 g/mol. The van der Waals surface area contributed by atoms with Gasteiger partial charge in [-0.3, -0.25) is 34.2 Å². The standard InChI is InChI=1S/C19H19N5O6/c20-6-5-17(26)22-10-8-21(9-11-22)16(25)2-1-7-23-18(27)14-4-3-13(24(29)30)12-15(14)19(23)28/h3-4,12H,1-2,5,7-11H2. The van der Waals surface area contributed by atoms with Gasteiger partial charge in [0.15, 0.2) is 0 Å². The van der Waals surface area contributed by atoms with E-state index in [1.165, 1.54) is 12.1 Å². The first kappa shape index (κ1) is 20.9. The second-order valence-electron chi connectivity index (χ2n) is 6.95. The zero-order valence-corrected chi connectivity index (χ0v) is 16.1. The Bertz CT molecular complexity index is 961. The Kier molecular flexibility index (Phi) is 6.06. The number of carbonyl (C=O) groups is 4. The Morgan fingerprint density at radius 2 is 1.63 bits per heavy atom. The van der Waals surface area contributed by atoms with Crippen molar-refractivity contribution in [1.82, 2.24) is 14.7 Å². The molecule has 1 fully saturated rings. The molecule has 0 aromatic heterocycles. The summed E-state index contributed by atoms with van der Waals surface area (Å²) in [6.07, 6.45) is 0.205. The van der Waals surface area contributed by atoms with Crippen LogP contribution in [0.15, 0.2) is 18.2 Å². The van der Waals surface area contributed by atoms with Crippen LogP contribution >= 0.6 is 0 Å². The summed E-state index contributed by atoms with van der Waals surface area (Å²) in [5, 5.41) is 19.5. The van der Waals surface area contributed by atoms with Gasteiger partial charge in [-0.2, -0.15) is 5.26 Å². The smallest absolute Gasteiger partial charge is 0.270 e. The van der Waals surface area contributed by atoms with E-state index in [4.69, 9.17) is 5.26 Å². The number of piperazine rings is 1. The fourth-order valence-electron chi connectivity index (χ4n) is 3.53. The van der Waals surface area contributed by atoms with E-state index >= 15 is 0 Å². The normalized spacial score (nSPS) is 15.8. The Morgan fingerprint density at radius 3 is 2.23 bits per heavy atom. The predicted octanol–water partition coefficient (Wildman–Crippen LogP) is 0.555. The van der Waals surface area contributed by atoms with Crippen LogP contribution in [0.1, 0.15) is 40.0 Å². The molecule has 2 aliphatic heterocycles. The summed E-state index contributed by atoms with van der Waals surface area (Å²) in [5.74, 6) is -1.53. The Morgan fingerprint density at radius 1 is 1.03 bits per heavy atom. The highest BCUT2D eigenvalue weighted by molar-refractivity contribution is 6.21. The van der Waals surface area contributed by atoms with Crippen LogP contribution in [0, 0.1) is 21.4 Å². The second kappa shape index (κ2) is 8.69. The molecule has 0 radical (unpaired) electrons. The molecule has 156 valence electrons. The molecule has 1 aromatic carbocycles. The van der Waals surface area contributed by atoms with Crippen molar-refractivity contribution in [2.45, 2.75) is 19.3 Å². The van der Waals surface area contributed by atoms with E-state index in [9.17, 15) is 29.3 Å². The summed E-state index contributed by atoms with van der Waals surface area (Å²) >= 11 is 0. The van der Waals surface area contributed by atoms with Gasteiger partial charge in [-0.25, -0.2) is 0 Å². The molecule has 0 N–H and O–H groups in total. The number of nitrogens with zero attached hydrogens (tertiary/aromatic N) is 5. The molecular formula is C19H19N5O6. The molecule has 0 spiro atoms. The van der Waals surface area contributed by atoms with Gasteiger partial charge >= 0.3 is 0 Å². The maximum absolute atomic E-state index is 12.4. The van der Waals surface area contributed by atoms with Crippen LogP contribution in [0.4, 0.5) is 5.69 Å². The van der Waals surface area contributed by atoms with E-state index in [2.05, 4.69) is 0 Å². The molecule has 11 heteroatoms. The van der Waals surface area contributed by atoms with Gasteiger partial charge < -0.3 is 9.80 Å². The van der Waals surface area contributed by atoms with Crippen LogP contribution in [0.25, 0.3) is 0 Å². The van der Waals surface area contributed by atoms with Crippen molar-refractivity contribution in [3.8, 4) is 6.07 Å².